The number of rotatable bonds is 6. The number of ether oxygens (including phenoxy) is 2. The van der Waals surface area contributed by atoms with Gasteiger partial charge in [-0.15, -0.1) is 0 Å². The van der Waals surface area contributed by atoms with Crippen LogP contribution >= 0.6 is 0 Å². The Labute approximate surface area is 202 Å². The number of pyridine rings is 1. The number of anilines is 1. The second-order valence-corrected chi connectivity index (χ2v) is 9.20. The first-order chi connectivity index (χ1) is 17.2. The molecule has 2 N–H and O–H groups in total. The predicted octanol–water partition coefficient (Wildman–Crippen LogP) is 3.05. The summed E-state index contributed by atoms with van der Waals surface area (Å²) in [5.74, 6) is 0.551. The third kappa shape index (κ3) is 3.73. The maximum Gasteiger partial charge on any atom is 0.257 e. The van der Waals surface area contributed by atoms with E-state index in [1.165, 1.54) is 0 Å². The molecular weight excluding hydrogens is 446 g/mol. The largest absolute Gasteiger partial charge is 0.379 e. The van der Waals surface area contributed by atoms with Crippen molar-refractivity contribution >= 4 is 28.4 Å². The van der Waals surface area contributed by atoms with Gasteiger partial charge in [-0.25, -0.2) is 9.97 Å². The average molecular weight is 476 g/mol. The summed E-state index contributed by atoms with van der Waals surface area (Å²) in [4.78, 5) is 22.8. The van der Waals surface area contributed by atoms with E-state index in [1.54, 1.807) is 17.8 Å². The van der Waals surface area contributed by atoms with E-state index < -0.39 is 0 Å². The Bertz CT molecular complexity index is 1390. The number of amides is 1. The van der Waals surface area contributed by atoms with Crippen LogP contribution in [0.5, 0.6) is 0 Å². The standard InChI is InChI=1S/C25H29N7O3/c1-26-22-11-20(18-13-31(15-5-4-10-35-14-15)23-16(18)6-3-9-27-23)29-24-17(12-28-32(22)24)25(33)30-19-7-8-21(19)34-2/h3,6,9,11-13,15,19,21,26H,4-5,7-8,10,14H2,1-2H3,(H,30,33)/t15?,19-,21-/m1/s1. The van der Waals surface area contributed by atoms with Crippen LogP contribution in [0.3, 0.4) is 0 Å². The van der Waals surface area contributed by atoms with Crippen molar-refractivity contribution in [1.82, 2.24) is 29.5 Å². The van der Waals surface area contributed by atoms with Crippen LogP contribution in [0.25, 0.3) is 27.9 Å². The van der Waals surface area contributed by atoms with Crippen molar-refractivity contribution in [2.45, 2.75) is 43.9 Å². The molecule has 4 aromatic rings. The first-order valence-corrected chi connectivity index (χ1v) is 12.1. The zero-order valence-corrected chi connectivity index (χ0v) is 19.9. The van der Waals surface area contributed by atoms with Crippen LogP contribution in [0.2, 0.25) is 0 Å². The number of hydrogen-bond acceptors (Lipinski definition) is 7. The summed E-state index contributed by atoms with van der Waals surface area (Å²) in [6, 6.07) is 6.20. The van der Waals surface area contributed by atoms with Crippen LogP contribution in [-0.2, 0) is 9.47 Å². The van der Waals surface area contributed by atoms with E-state index in [2.05, 4.69) is 37.5 Å². The molecule has 1 aliphatic heterocycles. The summed E-state index contributed by atoms with van der Waals surface area (Å²) in [5.41, 5.74) is 3.57. The van der Waals surface area contributed by atoms with Crippen molar-refractivity contribution in [1.29, 1.82) is 0 Å². The summed E-state index contributed by atoms with van der Waals surface area (Å²) in [7, 11) is 3.51. The first-order valence-electron chi connectivity index (χ1n) is 12.1. The molecule has 2 fully saturated rings. The fraction of sp³-hybridized carbons (Fsp3) is 0.440. The molecule has 1 aliphatic carbocycles. The van der Waals surface area contributed by atoms with Gasteiger partial charge in [-0.05, 0) is 37.8 Å². The van der Waals surface area contributed by atoms with E-state index in [0.29, 0.717) is 17.8 Å². The number of fused-ring (bicyclic) bond motifs is 2. The van der Waals surface area contributed by atoms with Crippen molar-refractivity contribution < 1.29 is 14.3 Å². The third-order valence-corrected chi connectivity index (χ3v) is 7.20. The van der Waals surface area contributed by atoms with Gasteiger partial charge in [0.1, 0.15) is 17.0 Å². The molecule has 0 bridgehead atoms. The Balaban J connectivity index is 1.44. The number of carbonyl (C=O) groups excluding carboxylic acids is 1. The predicted molar refractivity (Wildman–Crippen MR) is 132 cm³/mol. The van der Waals surface area contributed by atoms with E-state index in [0.717, 1.165) is 60.4 Å². The summed E-state index contributed by atoms with van der Waals surface area (Å²) >= 11 is 0. The van der Waals surface area contributed by atoms with Gasteiger partial charge in [-0.1, -0.05) is 0 Å². The van der Waals surface area contributed by atoms with E-state index in [-0.39, 0.29) is 24.1 Å². The molecule has 6 rings (SSSR count). The van der Waals surface area contributed by atoms with E-state index in [9.17, 15) is 4.79 Å². The summed E-state index contributed by atoms with van der Waals surface area (Å²) < 4.78 is 15.1. The third-order valence-electron chi connectivity index (χ3n) is 7.20. The SMILES string of the molecule is CNc1cc(-c2cn(C3CCCOC3)c3ncccc23)nc2c(C(=O)N[C@@H]3CC[C@H]3OC)cnn12. The molecule has 182 valence electrons. The van der Waals surface area contributed by atoms with Gasteiger partial charge < -0.3 is 24.7 Å². The highest BCUT2D eigenvalue weighted by molar-refractivity contribution is 6.01. The summed E-state index contributed by atoms with van der Waals surface area (Å²) in [5, 5.41) is 11.7. The molecule has 1 amide bonds. The molecular formula is C25H29N7O3. The van der Waals surface area contributed by atoms with Gasteiger partial charge >= 0.3 is 0 Å². The molecule has 35 heavy (non-hydrogen) atoms. The Morgan fingerprint density at radius 3 is 2.91 bits per heavy atom. The summed E-state index contributed by atoms with van der Waals surface area (Å²) in [6.45, 7) is 1.47. The van der Waals surface area contributed by atoms with Crippen molar-refractivity contribution in [3.05, 3.63) is 42.4 Å². The molecule has 10 nitrogen and oxygen atoms in total. The van der Waals surface area contributed by atoms with Gasteiger partial charge in [0.2, 0.25) is 0 Å². The van der Waals surface area contributed by atoms with Crippen LogP contribution in [0.4, 0.5) is 5.82 Å². The zero-order valence-electron chi connectivity index (χ0n) is 19.9. The minimum absolute atomic E-state index is 0.0103. The van der Waals surface area contributed by atoms with E-state index in [4.69, 9.17) is 14.5 Å². The second kappa shape index (κ2) is 8.94. The molecule has 0 radical (unpaired) electrons. The van der Waals surface area contributed by atoms with Crippen LogP contribution in [-0.4, -0.2) is 69.6 Å². The Kier molecular flexibility index (Phi) is 5.62. The molecule has 3 atom stereocenters. The average Bonchev–Trinajstić information content (AvgIpc) is 3.49. The molecule has 1 saturated heterocycles. The summed E-state index contributed by atoms with van der Waals surface area (Å²) in [6.07, 6.45) is 9.49. The van der Waals surface area contributed by atoms with Gasteiger partial charge in [0.25, 0.3) is 5.91 Å². The molecule has 5 heterocycles. The fourth-order valence-electron chi connectivity index (χ4n) is 5.11. The Morgan fingerprint density at radius 1 is 1.26 bits per heavy atom. The van der Waals surface area contributed by atoms with E-state index >= 15 is 0 Å². The number of hydrogen-bond donors (Lipinski definition) is 2. The highest BCUT2D eigenvalue weighted by atomic mass is 16.5. The number of aromatic nitrogens is 5. The molecule has 0 aromatic carbocycles. The van der Waals surface area contributed by atoms with Crippen LogP contribution in [0.1, 0.15) is 42.1 Å². The van der Waals surface area contributed by atoms with Crippen molar-refractivity contribution in [3.8, 4) is 11.3 Å². The van der Waals surface area contributed by atoms with Gasteiger partial charge in [0.05, 0.1) is 36.7 Å². The van der Waals surface area contributed by atoms with Crippen molar-refractivity contribution in [3.63, 3.8) is 0 Å². The number of nitrogens with one attached hydrogen (secondary N) is 2. The minimum atomic E-state index is -0.193. The molecule has 10 heteroatoms. The number of nitrogens with zero attached hydrogens (tertiary/aromatic N) is 5. The molecule has 4 aromatic heterocycles. The topological polar surface area (TPSA) is 108 Å². The molecule has 1 saturated carbocycles. The van der Waals surface area contributed by atoms with Gasteiger partial charge in [-0.3, -0.25) is 4.79 Å². The first kappa shape index (κ1) is 22.0. The lowest BCUT2D eigenvalue weighted by Crippen LogP contribution is -2.51. The maximum absolute atomic E-state index is 13.1. The molecule has 0 spiro atoms. The van der Waals surface area contributed by atoms with Gasteiger partial charge in [-0.2, -0.15) is 9.61 Å². The normalized spacial score (nSPS) is 22.3. The molecule has 1 unspecified atom stereocenters. The van der Waals surface area contributed by atoms with Gasteiger partial charge in [0, 0.05) is 50.2 Å². The highest BCUT2D eigenvalue weighted by Gasteiger charge is 2.33. The van der Waals surface area contributed by atoms with Gasteiger partial charge in [0.15, 0.2) is 5.65 Å². The minimum Gasteiger partial charge on any atom is -0.379 e. The smallest absolute Gasteiger partial charge is 0.257 e. The fourth-order valence-corrected chi connectivity index (χ4v) is 5.11. The lowest BCUT2D eigenvalue weighted by molar-refractivity contribution is 0.00732. The van der Waals surface area contributed by atoms with Crippen molar-refractivity contribution in [2.24, 2.45) is 0 Å². The van der Waals surface area contributed by atoms with Crippen molar-refractivity contribution in [2.75, 3.05) is 32.7 Å². The lowest BCUT2D eigenvalue weighted by atomic mass is 9.89. The monoisotopic (exact) mass is 475 g/mol. The maximum atomic E-state index is 13.1. The molecule has 2 aliphatic rings. The van der Waals surface area contributed by atoms with Crippen LogP contribution in [0, 0.1) is 0 Å². The number of carbonyl (C=O) groups is 1. The highest BCUT2D eigenvalue weighted by Crippen LogP contribution is 2.34. The van der Waals surface area contributed by atoms with E-state index in [1.807, 2.05) is 25.4 Å². The number of methoxy groups -OCH3 is 1. The van der Waals surface area contributed by atoms with Crippen LogP contribution in [0.15, 0.2) is 36.8 Å². The Hall–Kier alpha value is -3.50. The lowest BCUT2D eigenvalue weighted by Gasteiger charge is -2.35. The quantitative estimate of drug-likeness (QED) is 0.441. The second-order valence-electron chi connectivity index (χ2n) is 9.20. The zero-order chi connectivity index (χ0) is 23.9. The van der Waals surface area contributed by atoms with Crippen LogP contribution < -0.4 is 10.6 Å². The Morgan fingerprint density at radius 2 is 2.17 bits per heavy atom.